The lowest BCUT2D eigenvalue weighted by atomic mass is 10.0. The van der Waals surface area contributed by atoms with Gasteiger partial charge in [-0.05, 0) is 23.8 Å². The Hall–Kier alpha value is -2.62. The molecule has 4 heteroatoms. The lowest BCUT2D eigenvalue weighted by Gasteiger charge is -2.13. The zero-order valence-electron chi connectivity index (χ0n) is 15.4. The van der Waals surface area contributed by atoms with Crippen LogP contribution in [-0.2, 0) is 14.3 Å². The van der Waals surface area contributed by atoms with Gasteiger partial charge in [0.2, 0.25) is 0 Å². The van der Waals surface area contributed by atoms with E-state index in [1.807, 2.05) is 36.4 Å². The van der Waals surface area contributed by atoms with Crippen LogP contribution in [0.3, 0.4) is 0 Å². The molecule has 0 bridgehead atoms. The average Bonchev–Trinajstić information content (AvgIpc) is 2.67. The summed E-state index contributed by atoms with van der Waals surface area (Å²) < 4.78 is 10.6. The number of rotatable bonds is 9. The van der Waals surface area contributed by atoms with Gasteiger partial charge >= 0.3 is 11.9 Å². The van der Waals surface area contributed by atoms with Gasteiger partial charge in [-0.15, -0.1) is 0 Å². The maximum Gasteiger partial charge on any atom is 0.336 e. The number of fused-ring (bicyclic) bond motifs is 1. The Morgan fingerprint density at radius 1 is 1.00 bits per heavy atom. The van der Waals surface area contributed by atoms with Crippen molar-refractivity contribution in [1.29, 1.82) is 0 Å². The van der Waals surface area contributed by atoms with Gasteiger partial charge < -0.3 is 9.47 Å². The molecule has 0 N–H and O–H groups in total. The molecule has 0 heterocycles. The summed E-state index contributed by atoms with van der Waals surface area (Å²) in [7, 11) is 0. The standard InChI is InChI=1S/C22H26O4/c1-3-5-9-17(4-2)16-25-21(23)14-15-22(24)26-20-13-8-11-18-10-6-7-12-19(18)20/h6-8,10-15,17H,3-5,9,16H2,1-2H3/b15-14+. The van der Waals surface area contributed by atoms with Crippen molar-refractivity contribution >= 4 is 22.7 Å². The number of unbranched alkanes of at least 4 members (excludes halogenated alkanes) is 1. The summed E-state index contributed by atoms with van der Waals surface area (Å²) in [5.41, 5.74) is 0. The van der Waals surface area contributed by atoms with E-state index in [-0.39, 0.29) is 0 Å². The maximum absolute atomic E-state index is 12.0. The first-order chi connectivity index (χ1) is 12.6. The van der Waals surface area contributed by atoms with Crippen LogP contribution in [0.5, 0.6) is 5.75 Å². The summed E-state index contributed by atoms with van der Waals surface area (Å²) in [4.78, 5) is 23.8. The summed E-state index contributed by atoms with van der Waals surface area (Å²) in [6, 6.07) is 13.1. The fraction of sp³-hybridized carbons (Fsp3) is 0.364. The Morgan fingerprint density at radius 3 is 2.50 bits per heavy atom. The van der Waals surface area contributed by atoms with E-state index in [1.165, 1.54) is 0 Å². The van der Waals surface area contributed by atoms with Crippen LogP contribution >= 0.6 is 0 Å². The van der Waals surface area contributed by atoms with Crippen molar-refractivity contribution in [2.24, 2.45) is 5.92 Å². The molecule has 0 aliphatic rings. The van der Waals surface area contributed by atoms with E-state index in [9.17, 15) is 9.59 Å². The summed E-state index contributed by atoms with van der Waals surface area (Å²) in [5.74, 6) is -0.280. The molecule has 26 heavy (non-hydrogen) atoms. The first-order valence-electron chi connectivity index (χ1n) is 9.18. The average molecular weight is 354 g/mol. The lowest BCUT2D eigenvalue weighted by Crippen LogP contribution is -2.13. The second-order valence-corrected chi connectivity index (χ2v) is 6.28. The fourth-order valence-corrected chi connectivity index (χ4v) is 2.71. The predicted octanol–water partition coefficient (Wildman–Crippen LogP) is 5.06. The number of carbonyl (C=O) groups excluding carboxylic acids is 2. The van der Waals surface area contributed by atoms with Crippen LogP contribution in [0.15, 0.2) is 54.6 Å². The van der Waals surface area contributed by atoms with Gasteiger partial charge in [0.15, 0.2) is 0 Å². The molecule has 2 aromatic rings. The van der Waals surface area contributed by atoms with E-state index < -0.39 is 11.9 Å². The van der Waals surface area contributed by atoms with Crippen LogP contribution in [0, 0.1) is 5.92 Å². The highest BCUT2D eigenvalue weighted by Crippen LogP contribution is 2.25. The molecule has 1 unspecified atom stereocenters. The first kappa shape index (κ1) is 19.7. The highest BCUT2D eigenvalue weighted by molar-refractivity contribution is 5.95. The van der Waals surface area contributed by atoms with Crippen LogP contribution in [0.25, 0.3) is 10.8 Å². The molecule has 0 saturated heterocycles. The molecule has 0 amide bonds. The number of carbonyl (C=O) groups is 2. The number of hydrogen-bond donors (Lipinski definition) is 0. The van der Waals surface area contributed by atoms with E-state index in [2.05, 4.69) is 13.8 Å². The summed E-state index contributed by atoms with van der Waals surface area (Å²) in [6.07, 6.45) is 6.51. The second-order valence-electron chi connectivity index (χ2n) is 6.28. The quantitative estimate of drug-likeness (QED) is 0.359. The maximum atomic E-state index is 12.0. The minimum atomic E-state index is -0.601. The van der Waals surface area contributed by atoms with E-state index in [0.717, 1.165) is 48.6 Å². The zero-order chi connectivity index (χ0) is 18.8. The van der Waals surface area contributed by atoms with Gasteiger partial charge in [0.05, 0.1) is 6.61 Å². The molecular formula is C22H26O4. The number of esters is 2. The van der Waals surface area contributed by atoms with Crippen molar-refractivity contribution < 1.29 is 19.1 Å². The molecule has 0 radical (unpaired) electrons. The minimum Gasteiger partial charge on any atom is -0.462 e. The van der Waals surface area contributed by atoms with E-state index in [1.54, 1.807) is 6.07 Å². The third-order valence-corrected chi connectivity index (χ3v) is 4.32. The van der Waals surface area contributed by atoms with E-state index in [4.69, 9.17) is 9.47 Å². The largest absolute Gasteiger partial charge is 0.462 e. The molecule has 1 atom stereocenters. The minimum absolute atomic E-state index is 0.370. The van der Waals surface area contributed by atoms with Gasteiger partial charge in [-0.2, -0.15) is 0 Å². The van der Waals surface area contributed by atoms with Crippen molar-refractivity contribution in [3.05, 3.63) is 54.6 Å². The summed E-state index contributed by atoms with van der Waals surface area (Å²) >= 11 is 0. The molecule has 0 fully saturated rings. The topological polar surface area (TPSA) is 52.6 Å². The molecule has 2 rings (SSSR count). The van der Waals surface area contributed by atoms with Gasteiger partial charge in [0, 0.05) is 17.5 Å². The van der Waals surface area contributed by atoms with Gasteiger partial charge in [-0.1, -0.05) is 69.5 Å². The predicted molar refractivity (Wildman–Crippen MR) is 103 cm³/mol. The van der Waals surface area contributed by atoms with E-state index in [0.29, 0.717) is 18.3 Å². The molecule has 2 aromatic carbocycles. The molecule has 0 aromatic heterocycles. The number of hydrogen-bond acceptors (Lipinski definition) is 4. The molecule has 138 valence electrons. The summed E-state index contributed by atoms with van der Waals surface area (Å²) in [6.45, 7) is 4.62. The molecule has 0 aliphatic carbocycles. The van der Waals surface area contributed by atoms with Crippen LogP contribution in [-0.4, -0.2) is 18.5 Å². The zero-order valence-corrected chi connectivity index (χ0v) is 15.4. The number of benzene rings is 2. The van der Waals surface area contributed by atoms with Crippen LogP contribution < -0.4 is 4.74 Å². The highest BCUT2D eigenvalue weighted by atomic mass is 16.5. The van der Waals surface area contributed by atoms with Gasteiger partial charge in [0.1, 0.15) is 5.75 Å². The SMILES string of the molecule is CCCCC(CC)COC(=O)/C=C/C(=O)Oc1cccc2ccccc12. The fourth-order valence-electron chi connectivity index (χ4n) is 2.71. The third kappa shape index (κ3) is 6.03. The lowest BCUT2D eigenvalue weighted by molar-refractivity contribution is -0.139. The smallest absolute Gasteiger partial charge is 0.336 e. The monoisotopic (exact) mass is 354 g/mol. The first-order valence-corrected chi connectivity index (χ1v) is 9.18. The molecule has 4 nitrogen and oxygen atoms in total. The van der Waals surface area contributed by atoms with Crippen LogP contribution in [0.1, 0.15) is 39.5 Å². The molecular weight excluding hydrogens is 328 g/mol. The van der Waals surface area contributed by atoms with Crippen molar-refractivity contribution in [3.8, 4) is 5.75 Å². The van der Waals surface area contributed by atoms with Crippen molar-refractivity contribution in [3.63, 3.8) is 0 Å². The van der Waals surface area contributed by atoms with Crippen molar-refractivity contribution in [2.45, 2.75) is 39.5 Å². The Bertz CT molecular complexity index is 758. The Balaban J connectivity index is 1.87. The second kappa shape index (κ2) is 10.4. The van der Waals surface area contributed by atoms with Gasteiger partial charge in [-0.3, -0.25) is 0 Å². The normalized spacial score (nSPS) is 12.2. The molecule has 0 aliphatic heterocycles. The van der Waals surface area contributed by atoms with Crippen LogP contribution in [0.2, 0.25) is 0 Å². The van der Waals surface area contributed by atoms with Crippen LogP contribution in [0.4, 0.5) is 0 Å². The third-order valence-electron chi connectivity index (χ3n) is 4.32. The Labute approximate surface area is 154 Å². The number of ether oxygens (including phenoxy) is 2. The van der Waals surface area contributed by atoms with Crippen molar-refractivity contribution in [1.82, 2.24) is 0 Å². The summed E-state index contributed by atoms with van der Waals surface area (Å²) in [5, 5.41) is 1.83. The van der Waals surface area contributed by atoms with Crippen molar-refractivity contribution in [2.75, 3.05) is 6.61 Å². The Kier molecular flexibility index (Phi) is 7.87. The molecule has 0 spiro atoms. The Morgan fingerprint density at radius 2 is 1.73 bits per heavy atom. The van der Waals surface area contributed by atoms with E-state index >= 15 is 0 Å². The molecule has 0 saturated carbocycles. The highest BCUT2D eigenvalue weighted by Gasteiger charge is 2.09. The van der Waals surface area contributed by atoms with Gasteiger partial charge in [0.25, 0.3) is 0 Å². The van der Waals surface area contributed by atoms with Gasteiger partial charge in [-0.25, -0.2) is 9.59 Å².